The first-order chi connectivity index (χ1) is 20.3. The molecule has 1 amide bonds. The minimum Gasteiger partial charge on any atom is -0.466 e. The van der Waals surface area contributed by atoms with Gasteiger partial charge in [-0.2, -0.15) is 0 Å². The van der Waals surface area contributed by atoms with Gasteiger partial charge in [0.2, 0.25) is 0 Å². The van der Waals surface area contributed by atoms with E-state index in [-0.39, 0.29) is 16.6 Å². The van der Waals surface area contributed by atoms with Crippen molar-refractivity contribution < 1.29 is 23.9 Å². The zero-order chi connectivity index (χ0) is 30.1. The van der Waals surface area contributed by atoms with Crippen LogP contribution in [0.15, 0.2) is 137 Å². The fourth-order valence-electron chi connectivity index (χ4n) is 4.51. The van der Waals surface area contributed by atoms with Crippen molar-refractivity contribution in [2.45, 2.75) is 6.92 Å². The molecular weight excluding hydrogens is 547 g/mol. The summed E-state index contributed by atoms with van der Waals surface area (Å²) in [5.74, 6) is -2.13. The van der Waals surface area contributed by atoms with Crippen LogP contribution in [-0.4, -0.2) is 32.1 Å². The van der Waals surface area contributed by atoms with E-state index in [1.165, 1.54) is 14.2 Å². The predicted molar refractivity (Wildman–Crippen MR) is 167 cm³/mol. The lowest BCUT2D eigenvalue weighted by Gasteiger charge is -2.31. The Hall–Kier alpha value is -5.00. The number of rotatable bonds is 8. The number of carbonyl (C=O) groups excluding carboxylic acids is 3. The average molecular weight is 579 g/mol. The predicted octanol–water partition coefficient (Wildman–Crippen LogP) is 5.59. The Bertz CT molecular complexity index is 1650. The van der Waals surface area contributed by atoms with Crippen LogP contribution >= 0.6 is 7.05 Å². The van der Waals surface area contributed by atoms with Crippen LogP contribution in [0.2, 0.25) is 0 Å². The number of ether oxygens (including phenoxy) is 2. The van der Waals surface area contributed by atoms with Crippen LogP contribution in [-0.2, 0) is 19.1 Å². The molecule has 2 N–H and O–H groups in total. The topological polar surface area (TPSA) is 108 Å². The van der Waals surface area contributed by atoms with E-state index < -0.39 is 24.9 Å². The van der Waals surface area contributed by atoms with Crippen LogP contribution in [0, 0.1) is 6.92 Å². The molecule has 0 aliphatic heterocycles. The summed E-state index contributed by atoms with van der Waals surface area (Å²) in [5.41, 5.74) is 8.96. The van der Waals surface area contributed by atoms with E-state index in [4.69, 9.17) is 20.0 Å². The van der Waals surface area contributed by atoms with E-state index >= 15 is 0 Å². The van der Waals surface area contributed by atoms with Gasteiger partial charge in [-0.1, -0.05) is 109 Å². The van der Waals surface area contributed by atoms with Gasteiger partial charge < -0.3 is 15.2 Å². The molecular formula is C34H31N2O5P. The number of carbonyl (C=O) groups is 3. The molecule has 0 saturated carbocycles. The van der Waals surface area contributed by atoms with Crippen molar-refractivity contribution in [2.24, 2.45) is 10.5 Å². The second kappa shape index (κ2) is 13.6. The lowest BCUT2D eigenvalue weighted by Crippen LogP contribution is -2.25. The van der Waals surface area contributed by atoms with Gasteiger partial charge in [-0.05, 0) is 24.6 Å². The Labute approximate surface area is 245 Å². The number of methoxy groups -OCH3 is 2. The fraction of sp³-hybridized carbons (Fsp3) is 0.0882. The minimum absolute atomic E-state index is 0.159. The highest BCUT2D eigenvalue weighted by Crippen LogP contribution is 2.60. The highest BCUT2D eigenvalue weighted by atomic mass is 31.2. The van der Waals surface area contributed by atoms with Crippen LogP contribution in [0.1, 0.15) is 21.5 Å². The van der Waals surface area contributed by atoms with E-state index in [9.17, 15) is 14.4 Å². The Morgan fingerprint density at radius 2 is 1.19 bits per heavy atom. The second-order valence-corrected chi connectivity index (χ2v) is 12.2. The largest absolute Gasteiger partial charge is 0.466 e. The molecule has 0 aromatic heterocycles. The molecule has 42 heavy (non-hydrogen) atoms. The number of esters is 2. The van der Waals surface area contributed by atoms with Crippen molar-refractivity contribution in [3.8, 4) is 0 Å². The third-order valence-corrected chi connectivity index (χ3v) is 10.3. The molecule has 0 atom stereocenters. The molecule has 0 aliphatic rings. The van der Waals surface area contributed by atoms with Crippen molar-refractivity contribution in [3.63, 3.8) is 0 Å². The summed E-state index contributed by atoms with van der Waals surface area (Å²) < 4.78 is 15.1. The van der Waals surface area contributed by atoms with Gasteiger partial charge in [-0.15, -0.1) is 0 Å². The van der Waals surface area contributed by atoms with Gasteiger partial charge >= 0.3 is 11.9 Å². The quantitative estimate of drug-likeness (QED) is 0.126. The number of nitrogens with zero attached hydrogens (tertiary/aromatic N) is 1. The zero-order valence-corrected chi connectivity index (χ0v) is 24.5. The van der Waals surface area contributed by atoms with Gasteiger partial charge in [0.1, 0.15) is 0 Å². The summed E-state index contributed by atoms with van der Waals surface area (Å²) >= 11 is 0. The zero-order valence-electron chi connectivity index (χ0n) is 23.6. The standard InChI is InChI=1S/C34H31N2O5P/c1-24-19-21-25(22-20-24)31(35)32(29(34(39)41-3)23-30(37)40-2)42(27-15-9-5-10-16-27,28-17-11-6-12-18-28)36-33(38)26-13-7-4-8-14-26/h4-23H,35H2,1-3H3/b29-23+,32-31-. The summed E-state index contributed by atoms with van der Waals surface area (Å²) in [5, 5.41) is 1.49. The molecule has 7 nitrogen and oxygen atoms in total. The number of amides is 1. The van der Waals surface area contributed by atoms with Gasteiger partial charge in [0, 0.05) is 33.3 Å². The highest BCUT2D eigenvalue weighted by molar-refractivity contribution is 7.85. The van der Waals surface area contributed by atoms with Gasteiger partial charge in [0.15, 0.2) is 0 Å². The van der Waals surface area contributed by atoms with Crippen molar-refractivity contribution in [1.29, 1.82) is 0 Å². The minimum atomic E-state index is -3.50. The molecule has 0 radical (unpaired) electrons. The van der Waals surface area contributed by atoms with E-state index in [1.807, 2.05) is 97.9 Å². The Morgan fingerprint density at radius 1 is 0.690 bits per heavy atom. The molecule has 0 spiro atoms. The average Bonchev–Trinajstić information content (AvgIpc) is 3.04. The Balaban J connectivity index is 2.30. The molecule has 8 heteroatoms. The number of hydrogen-bond acceptors (Lipinski definition) is 6. The molecule has 4 aromatic carbocycles. The molecule has 4 rings (SSSR count). The second-order valence-electron chi connectivity index (χ2n) is 9.28. The summed E-state index contributed by atoms with van der Waals surface area (Å²) in [6, 6.07) is 34.5. The maximum atomic E-state index is 14.0. The van der Waals surface area contributed by atoms with Gasteiger partial charge in [0.25, 0.3) is 5.91 Å². The smallest absolute Gasteiger partial charge is 0.338 e. The van der Waals surface area contributed by atoms with Gasteiger partial charge in [-0.3, -0.25) is 4.79 Å². The van der Waals surface area contributed by atoms with E-state index in [0.29, 0.717) is 21.7 Å². The fourth-order valence-corrected chi connectivity index (χ4v) is 8.23. The molecule has 0 bridgehead atoms. The number of nitrogens with two attached hydrogens (primary N) is 1. The monoisotopic (exact) mass is 578 g/mol. The number of hydrogen-bond donors (Lipinski definition) is 1. The van der Waals surface area contributed by atoms with Crippen LogP contribution in [0.25, 0.3) is 5.70 Å². The number of benzene rings is 4. The van der Waals surface area contributed by atoms with Crippen molar-refractivity contribution >= 4 is 41.2 Å². The van der Waals surface area contributed by atoms with Gasteiger partial charge in [-0.25, -0.2) is 14.3 Å². The van der Waals surface area contributed by atoms with Crippen LogP contribution in [0.5, 0.6) is 0 Å². The number of aryl methyl sites for hydroxylation is 1. The van der Waals surface area contributed by atoms with E-state index in [1.54, 1.807) is 24.3 Å². The maximum Gasteiger partial charge on any atom is 0.338 e. The summed E-state index contributed by atoms with van der Waals surface area (Å²) in [6.07, 6.45) is 1.05. The first kappa shape index (κ1) is 30.0. The molecule has 0 saturated heterocycles. The van der Waals surface area contributed by atoms with E-state index in [0.717, 1.165) is 11.6 Å². The summed E-state index contributed by atoms with van der Waals surface area (Å²) in [7, 11) is -1.08. The van der Waals surface area contributed by atoms with Crippen molar-refractivity contribution in [2.75, 3.05) is 14.2 Å². The third-order valence-electron chi connectivity index (χ3n) is 6.59. The Morgan fingerprint density at radius 3 is 1.67 bits per heavy atom. The first-order valence-corrected chi connectivity index (χ1v) is 14.8. The highest BCUT2D eigenvalue weighted by Gasteiger charge is 2.38. The molecule has 4 aromatic rings. The van der Waals surface area contributed by atoms with Crippen molar-refractivity contribution in [1.82, 2.24) is 0 Å². The molecule has 0 aliphatic carbocycles. The van der Waals surface area contributed by atoms with Crippen LogP contribution in [0.4, 0.5) is 0 Å². The molecule has 212 valence electrons. The maximum absolute atomic E-state index is 14.0. The molecule has 0 unspecified atom stereocenters. The summed E-state index contributed by atoms with van der Waals surface area (Å²) in [4.78, 5) is 40.3. The first-order valence-electron chi connectivity index (χ1n) is 13.1. The Kier molecular flexibility index (Phi) is 9.69. The lowest BCUT2D eigenvalue weighted by atomic mass is 10.1. The normalized spacial score (nSPS) is 12.1. The SMILES string of the molecule is COC(=O)/C=C(C(=O)OC)\C(=C(\N)c1ccc(C)cc1)P(=NC(=O)c1ccccc1)(c1ccccc1)c1ccccc1. The lowest BCUT2D eigenvalue weighted by molar-refractivity contribution is -0.138. The van der Waals surface area contributed by atoms with Crippen LogP contribution < -0.4 is 16.3 Å². The molecule has 0 heterocycles. The third kappa shape index (κ3) is 6.32. The molecule has 0 fully saturated rings. The summed E-state index contributed by atoms with van der Waals surface area (Å²) in [6.45, 7) is 1.95. The van der Waals surface area contributed by atoms with E-state index in [2.05, 4.69) is 0 Å². The van der Waals surface area contributed by atoms with Gasteiger partial charge in [0.05, 0.1) is 26.8 Å². The van der Waals surface area contributed by atoms with Crippen LogP contribution in [0.3, 0.4) is 0 Å². The van der Waals surface area contributed by atoms with Crippen molar-refractivity contribution in [3.05, 3.63) is 149 Å².